The molecule has 0 aromatic heterocycles. The first-order valence-corrected chi connectivity index (χ1v) is 12.4. The number of amides is 1. The molecule has 33 heavy (non-hydrogen) atoms. The van der Waals surface area contributed by atoms with Crippen molar-refractivity contribution in [2.75, 3.05) is 50.8 Å². The minimum absolute atomic E-state index is 0.0311. The minimum Gasteiger partial charge on any atom is -0.482 e. The number of benzene rings is 2. The van der Waals surface area contributed by atoms with Crippen LogP contribution in [0.2, 0.25) is 5.02 Å². The highest BCUT2D eigenvalue weighted by molar-refractivity contribution is 7.92. The molecule has 1 N–H and O–H groups in total. The molecular formula is C22H25ClN2O7S. The van der Waals surface area contributed by atoms with E-state index in [-0.39, 0.29) is 28.2 Å². The van der Waals surface area contributed by atoms with Crippen molar-refractivity contribution >= 4 is 33.2 Å². The lowest BCUT2D eigenvalue weighted by Gasteiger charge is -2.26. The molecule has 2 aliphatic rings. The molecule has 2 aliphatic heterocycles. The Morgan fingerprint density at radius 2 is 1.85 bits per heavy atom. The topological polar surface area (TPSA) is 103 Å². The number of nitrogens with zero attached hydrogens (tertiary/aromatic N) is 1. The molecule has 1 amide bonds. The van der Waals surface area contributed by atoms with Crippen LogP contribution in [0.1, 0.15) is 18.3 Å². The van der Waals surface area contributed by atoms with E-state index in [1.165, 1.54) is 18.2 Å². The number of ether oxygens (including phenoxy) is 4. The molecule has 2 saturated heterocycles. The second-order valence-electron chi connectivity index (χ2n) is 7.53. The van der Waals surface area contributed by atoms with Gasteiger partial charge in [-0.1, -0.05) is 23.7 Å². The van der Waals surface area contributed by atoms with Crippen LogP contribution in [-0.2, 0) is 29.0 Å². The van der Waals surface area contributed by atoms with Crippen LogP contribution in [0.15, 0.2) is 47.4 Å². The lowest BCUT2D eigenvalue weighted by atomic mass is 10.2. The molecule has 4 rings (SSSR count). The largest absolute Gasteiger partial charge is 0.482 e. The predicted molar refractivity (Wildman–Crippen MR) is 121 cm³/mol. The van der Waals surface area contributed by atoms with Crippen molar-refractivity contribution in [3.8, 4) is 5.75 Å². The molecule has 0 bridgehead atoms. The van der Waals surface area contributed by atoms with Gasteiger partial charge in [0.2, 0.25) is 0 Å². The van der Waals surface area contributed by atoms with E-state index in [9.17, 15) is 13.2 Å². The molecule has 2 aromatic rings. The fourth-order valence-corrected chi connectivity index (χ4v) is 4.95. The van der Waals surface area contributed by atoms with E-state index < -0.39 is 16.3 Å². The summed E-state index contributed by atoms with van der Waals surface area (Å²) in [5.74, 6) is -0.214. The summed E-state index contributed by atoms with van der Waals surface area (Å²) in [6.45, 7) is 2.73. The summed E-state index contributed by atoms with van der Waals surface area (Å²) in [7, 11) is -4.07. The Kier molecular flexibility index (Phi) is 7.71. The van der Waals surface area contributed by atoms with Crippen LogP contribution in [-0.4, -0.2) is 65.3 Å². The van der Waals surface area contributed by atoms with Crippen LogP contribution in [0.5, 0.6) is 5.75 Å². The van der Waals surface area contributed by atoms with Crippen LogP contribution in [0.4, 0.5) is 5.69 Å². The Hall–Kier alpha value is -2.37. The SMILES string of the molecule is O=C(COc1ccc(Cl)cc1S(=O)(=O)Nc1cccc(C2OCCCO2)c1)N1CCOCC1. The summed E-state index contributed by atoms with van der Waals surface area (Å²) in [4.78, 5) is 13.9. The fourth-order valence-electron chi connectivity index (χ4n) is 3.49. The van der Waals surface area contributed by atoms with Gasteiger partial charge in [0.15, 0.2) is 12.9 Å². The van der Waals surface area contributed by atoms with Gasteiger partial charge in [-0.2, -0.15) is 0 Å². The molecule has 2 aromatic carbocycles. The number of hydrogen-bond donors (Lipinski definition) is 1. The highest BCUT2D eigenvalue weighted by Crippen LogP contribution is 2.30. The van der Waals surface area contributed by atoms with Crippen LogP contribution >= 0.6 is 11.6 Å². The average Bonchev–Trinajstić information content (AvgIpc) is 2.84. The van der Waals surface area contributed by atoms with Crippen molar-refractivity contribution in [2.24, 2.45) is 0 Å². The second kappa shape index (κ2) is 10.7. The molecule has 2 fully saturated rings. The molecule has 11 heteroatoms. The summed E-state index contributed by atoms with van der Waals surface area (Å²) in [5, 5.41) is 0.222. The summed E-state index contributed by atoms with van der Waals surface area (Å²) >= 11 is 6.07. The van der Waals surface area contributed by atoms with Gasteiger partial charge in [-0.25, -0.2) is 8.42 Å². The summed E-state index contributed by atoms with van der Waals surface area (Å²) in [5.41, 5.74) is 1.04. The zero-order chi connectivity index (χ0) is 23.3. The highest BCUT2D eigenvalue weighted by Gasteiger charge is 2.24. The van der Waals surface area contributed by atoms with E-state index in [1.54, 1.807) is 29.2 Å². The third kappa shape index (κ3) is 6.15. The van der Waals surface area contributed by atoms with Crippen molar-refractivity contribution in [1.82, 2.24) is 4.90 Å². The first-order chi connectivity index (χ1) is 15.9. The third-order valence-corrected chi connectivity index (χ3v) is 6.79. The maximum absolute atomic E-state index is 13.2. The van der Waals surface area contributed by atoms with Crippen molar-refractivity contribution in [3.63, 3.8) is 0 Å². The Morgan fingerprint density at radius 1 is 1.09 bits per heavy atom. The lowest BCUT2D eigenvalue weighted by molar-refractivity contribution is -0.183. The summed E-state index contributed by atoms with van der Waals surface area (Å²) in [6.07, 6.45) is 0.272. The number of carbonyl (C=O) groups excluding carboxylic acids is 1. The number of rotatable bonds is 7. The molecule has 0 unspecified atom stereocenters. The van der Waals surface area contributed by atoms with Gasteiger partial charge in [0.25, 0.3) is 15.9 Å². The normalized spacial score (nSPS) is 17.5. The lowest BCUT2D eigenvalue weighted by Crippen LogP contribution is -2.43. The molecule has 0 radical (unpaired) electrons. The molecule has 0 aliphatic carbocycles. The smallest absolute Gasteiger partial charge is 0.265 e. The van der Waals surface area contributed by atoms with Gasteiger partial charge in [-0.15, -0.1) is 0 Å². The number of sulfonamides is 1. The number of anilines is 1. The van der Waals surface area contributed by atoms with Crippen LogP contribution in [0, 0.1) is 0 Å². The van der Waals surface area contributed by atoms with E-state index in [2.05, 4.69) is 4.72 Å². The first kappa shape index (κ1) is 23.8. The van der Waals surface area contributed by atoms with E-state index in [0.717, 1.165) is 6.42 Å². The van der Waals surface area contributed by atoms with E-state index in [1.807, 2.05) is 0 Å². The highest BCUT2D eigenvalue weighted by atomic mass is 35.5. The Morgan fingerprint density at radius 3 is 2.61 bits per heavy atom. The van der Waals surface area contributed by atoms with Gasteiger partial charge < -0.3 is 23.8 Å². The number of hydrogen-bond acceptors (Lipinski definition) is 7. The van der Waals surface area contributed by atoms with Gasteiger partial charge in [0, 0.05) is 29.4 Å². The Bertz CT molecular complexity index is 1080. The zero-order valence-corrected chi connectivity index (χ0v) is 19.4. The monoisotopic (exact) mass is 496 g/mol. The van der Waals surface area contributed by atoms with E-state index >= 15 is 0 Å². The number of morpholine rings is 1. The second-order valence-corrected chi connectivity index (χ2v) is 9.62. The van der Waals surface area contributed by atoms with Gasteiger partial charge in [0.1, 0.15) is 10.6 Å². The third-order valence-electron chi connectivity index (χ3n) is 5.15. The standard InChI is InChI=1S/C22H25ClN2O7S/c23-17-5-6-19(32-15-21(26)25-7-11-29-12-8-25)20(14-17)33(27,28)24-18-4-1-3-16(13-18)22-30-9-2-10-31-22/h1,3-6,13-14,22,24H,2,7-12,15H2. The van der Waals surface area contributed by atoms with Gasteiger partial charge in [0.05, 0.1) is 26.4 Å². The number of halogens is 1. The molecule has 0 spiro atoms. The van der Waals surface area contributed by atoms with Crippen molar-refractivity contribution < 1.29 is 32.2 Å². The molecule has 178 valence electrons. The van der Waals surface area contributed by atoms with Crippen LogP contribution in [0.25, 0.3) is 0 Å². The van der Waals surface area contributed by atoms with Crippen molar-refractivity contribution in [2.45, 2.75) is 17.6 Å². The van der Waals surface area contributed by atoms with Gasteiger partial charge in [-0.3, -0.25) is 9.52 Å². The van der Waals surface area contributed by atoms with Gasteiger partial charge in [-0.05, 0) is 36.8 Å². The predicted octanol–water partition coefficient (Wildman–Crippen LogP) is 2.81. The molecule has 0 atom stereocenters. The quantitative estimate of drug-likeness (QED) is 0.628. The fraction of sp³-hybridized carbons (Fsp3) is 0.409. The average molecular weight is 497 g/mol. The zero-order valence-electron chi connectivity index (χ0n) is 17.9. The molecular weight excluding hydrogens is 472 g/mol. The Labute approximate surface area is 197 Å². The summed E-state index contributed by atoms with van der Waals surface area (Å²) < 4.78 is 50.9. The Balaban J connectivity index is 1.50. The molecule has 0 saturated carbocycles. The minimum atomic E-state index is -4.07. The van der Waals surface area contributed by atoms with Crippen molar-refractivity contribution in [3.05, 3.63) is 53.1 Å². The van der Waals surface area contributed by atoms with Crippen LogP contribution < -0.4 is 9.46 Å². The summed E-state index contributed by atoms with van der Waals surface area (Å²) in [6, 6.07) is 11.0. The van der Waals surface area contributed by atoms with Crippen LogP contribution in [0.3, 0.4) is 0 Å². The first-order valence-electron chi connectivity index (χ1n) is 10.6. The number of nitrogens with one attached hydrogen (secondary N) is 1. The van der Waals surface area contributed by atoms with Crippen molar-refractivity contribution in [1.29, 1.82) is 0 Å². The molecule has 9 nitrogen and oxygen atoms in total. The number of carbonyl (C=O) groups is 1. The maximum atomic E-state index is 13.2. The van der Waals surface area contributed by atoms with E-state index in [0.29, 0.717) is 50.8 Å². The van der Waals surface area contributed by atoms with Gasteiger partial charge >= 0.3 is 0 Å². The van der Waals surface area contributed by atoms with E-state index in [4.69, 9.17) is 30.5 Å². The molecule has 2 heterocycles. The maximum Gasteiger partial charge on any atom is 0.265 e.